The molecule has 4 unspecified atom stereocenters. The summed E-state index contributed by atoms with van der Waals surface area (Å²) in [4.78, 5) is 60.1. The Morgan fingerprint density at radius 3 is 2.28 bits per heavy atom. The Hall–Kier alpha value is -3.31. The van der Waals surface area contributed by atoms with Crippen LogP contribution < -0.4 is 16.4 Å². The third kappa shape index (κ3) is 8.86. The van der Waals surface area contributed by atoms with E-state index in [2.05, 4.69) is 15.6 Å². The lowest BCUT2D eigenvalue weighted by molar-refractivity contribution is -0.150. The normalized spacial score (nSPS) is 18.6. The maximum atomic E-state index is 14.1. The minimum absolute atomic E-state index is 0.0561. The first-order valence-electron chi connectivity index (χ1n) is 14.8. The number of aromatic nitrogens is 1. The number of hydrogen-bond acceptors (Lipinski definition) is 8. The molecule has 236 valence electrons. The lowest BCUT2D eigenvalue weighted by atomic mass is 9.84. The summed E-state index contributed by atoms with van der Waals surface area (Å²) >= 11 is 1.58. The van der Waals surface area contributed by atoms with Crippen molar-refractivity contribution < 1.29 is 23.9 Å². The number of esters is 1. The number of carbonyl (C=O) groups excluding carboxylic acids is 4. The van der Waals surface area contributed by atoms with E-state index in [-0.39, 0.29) is 43.1 Å². The molecule has 1 aliphatic heterocycles. The number of carbonyl (C=O) groups is 4. The number of nitrogens with zero attached hydrogens (tertiary/aromatic N) is 2. The first-order chi connectivity index (χ1) is 20.0. The molecule has 1 aromatic carbocycles. The number of hydrogen-bond donors (Lipinski definition) is 3. The van der Waals surface area contributed by atoms with Gasteiger partial charge in [0.25, 0.3) is 0 Å². The second-order valence-corrected chi connectivity index (χ2v) is 14.2. The standard InChI is InChI=1S/C32H47N5O5S/c1-19(21-11-13-22(14-12-21)26-20(2)34-18-43-26)35-28(39)24-16-23(42-25(38)10-9-15-33)17-37(24)29(40)27(31(3,4)5)36-30(41)32(6,7)8/h11-14,18-19,23-24,27H,9-10,15-17,33H2,1-8H3,(H,35,39)(H,36,41). The fraction of sp³-hybridized carbons (Fsp3) is 0.594. The molecule has 3 amide bonds. The molecule has 1 saturated heterocycles. The Bertz CT molecular complexity index is 1290. The summed E-state index contributed by atoms with van der Waals surface area (Å²) in [7, 11) is 0. The van der Waals surface area contributed by atoms with Gasteiger partial charge in [0, 0.05) is 18.3 Å². The number of likely N-dealkylation sites (tertiary alicyclic amines) is 1. The van der Waals surface area contributed by atoms with E-state index in [1.54, 1.807) is 32.1 Å². The molecule has 2 heterocycles. The van der Waals surface area contributed by atoms with Gasteiger partial charge in [-0.25, -0.2) is 4.98 Å². The zero-order chi connectivity index (χ0) is 32.1. The van der Waals surface area contributed by atoms with Crippen LogP contribution in [-0.4, -0.2) is 64.9 Å². The lowest BCUT2D eigenvalue weighted by Crippen LogP contribution is -2.59. The Morgan fingerprint density at radius 1 is 1.09 bits per heavy atom. The highest BCUT2D eigenvalue weighted by molar-refractivity contribution is 7.13. The van der Waals surface area contributed by atoms with Crippen molar-refractivity contribution >= 4 is 35.0 Å². The van der Waals surface area contributed by atoms with Crippen LogP contribution in [0.1, 0.15) is 85.0 Å². The fourth-order valence-electron chi connectivity index (χ4n) is 4.92. The van der Waals surface area contributed by atoms with Crippen LogP contribution in [0.3, 0.4) is 0 Å². The SMILES string of the molecule is Cc1ncsc1-c1ccc(C(C)NC(=O)C2CC(OC(=O)CCCN)CN2C(=O)C(NC(=O)C(C)(C)C)C(C)(C)C)cc1. The van der Waals surface area contributed by atoms with Crippen LogP contribution in [0.25, 0.3) is 10.4 Å². The predicted molar refractivity (Wildman–Crippen MR) is 168 cm³/mol. The van der Waals surface area contributed by atoms with Gasteiger partial charge in [-0.1, -0.05) is 65.8 Å². The number of benzene rings is 1. The quantitative estimate of drug-likeness (QED) is 0.342. The van der Waals surface area contributed by atoms with Gasteiger partial charge in [-0.15, -0.1) is 11.3 Å². The summed E-state index contributed by atoms with van der Waals surface area (Å²) in [6.45, 7) is 15.2. The first-order valence-corrected chi connectivity index (χ1v) is 15.7. The first kappa shape index (κ1) is 34.2. The summed E-state index contributed by atoms with van der Waals surface area (Å²) in [6, 6.07) is 5.84. The average Bonchev–Trinajstić information content (AvgIpc) is 3.55. The Balaban J connectivity index is 1.82. The number of nitrogens with two attached hydrogens (primary N) is 1. The summed E-state index contributed by atoms with van der Waals surface area (Å²) in [5.74, 6) is -1.42. The van der Waals surface area contributed by atoms with Crippen molar-refractivity contribution in [3.8, 4) is 10.4 Å². The third-order valence-corrected chi connectivity index (χ3v) is 8.56. The molecule has 1 aliphatic rings. The minimum Gasteiger partial charge on any atom is -0.460 e. The second kappa shape index (κ2) is 14.0. The molecule has 3 rings (SSSR count). The number of rotatable bonds is 10. The van der Waals surface area contributed by atoms with E-state index in [9.17, 15) is 19.2 Å². The molecule has 0 bridgehead atoms. The lowest BCUT2D eigenvalue weighted by Gasteiger charge is -2.36. The van der Waals surface area contributed by atoms with Gasteiger partial charge in [0.05, 0.1) is 28.7 Å². The highest BCUT2D eigenvalue weighted by atomic mass is 32.1. The van der Waals surface area contributed by atoms with Crippen molar-refractivity contribution in [2.45, 2.75) is 98.9 Å². The van der Waals surface area contributed by atoms with Crippen LogP contribution in [0.4, 0.5) is 0 Å². The second-order valence-electron chi connectivity index (χ2n) is 13.4. The number of aryl methyl sites for hydroxylation is 1. The zero-order valence-corrected chi connectivity index (χ0v) is 27.5. The molecule has 4 N–H and O–H groups in total. The molecule has 0 spiro atoms. The van der Waals surface area contributed by atoms with Gasteiger partial charge >= 0.3 is 5.97 Å². The van der Waals surface area contributed by atoms with Crippen LogP contribution in [0.5, 0.6) is 0 Å². The summed E-state index contributed by atoms with van der Waals surface area (Å²) in [6.07, 6.45) is 0.160. The summed E-state index contributed by atoms with van der Waals surface area (Å²) < 4.78 is 5.66. The van der Waals surface area contributed by atoms with Gasteiger partial charge in [-0.05, 0) is 43.4 Å². The molecule has 1 aromatic heterocycles. The van der Waals surface area contributed by atoms with Crippen molar-refractivity contribution in [1.82, 2.24) is 20.5 Å². The largest absolute Gasteiger partial charge is 0.460 e. The zero-order valence-electron chi connectivity index (χ0n) is 26.7. The molecule has 43 heavy (non-hydrogen) atoms. The molecular formula is C32H47N5O5S. The molecule has 2 aromatic rings. The molecule has 10 nitrogen and oxygen atoms in total. The van der Waals surface area contributed by atoms with Crippen LogP contribution in [0, 0.1) is 17.8 Å². The number of ether oxygens (including phenoxy) is 1. The molecule has 1 fully saturated rings. The van der Waals surface area contributed by atoms with E-state index < -0.39 is 35.0 Å². The summed E-state index contributed by atoms with van der Waals surface area (Å²) in [5.41, 5.74) is 8.93. The van der Waals surface area contributed by atoms with E-state index in [1.165, 1.54) is 4.90 Å². The monoisotopic (exact) mass is 613 g/mol. The van der Waals surface area contributed by atoms with Crippen LogP contribution in [-0.2, 0) is 23.9 Å². The van der Waals surface area contributed by atoms with Gasteiger partial charge in [0.2, 0.25) is 17.7 Å². The Labute approximate surface area is 259 Å². The number of thiazole rings is 1. The maximum Gasteiger partial charge on any atom is 0.306 e. The van der Waals surface area contributed by atoms with Crippen LogP contribution >= 0.6 is 11.3 Å². The molecule has 11 heteroatoms. The van der Waals surface area contributed by atoms with Gasteiger partial charge in [-0.2, -0.15) is 0 Å². The van der Waals surface area contributed by atoms with Crippen molar-refractivity contribution in [2.24, 2.45) is 16.6 Å². The van der Waals surface area contributed by atoms with E-state index in [0.717, 1.165) is 21.7 Å². The van der Waals surface area contributed by atoms with Crippen molar-refractivity contribution in [2.75, 3.05) is 13.1 Å². The van der Waals surface area contributed by atoms with Crippen LogP contribution in [0.15, 0.2) is 29.8 Å². The molecule has 0 radical (unpaired) electrons. The van der Waals surface area contributed by atoms with Gasteiger partial charge < -0.3 is 26.0 Å². The average molecular weight is 614 g/mol. The number of nitrogens with one attached hydrogen (secondary N) is 2. The molecule has 0 aliphatic carbocycles. The van der Waals surface area contributed by atoms with E-state index >= 15 is 0 Å². The third-order valence-electron chi connectivity index (χ3n) is 7.58. The summed E-state index contributed by atoms with van der Waals surface area (Å²) in [5, 5.41) is 5.97. The van der Waals surface area contributed by atoms with Crippen LogP contribution in [0.2, 0.25) is 0 Å². The van der Waals surface area contributed by atoms with E-state index in [1.807, 2.05) is 64.4 Å². The van der Waals surface area contributed by atoms with E-state index in [0.29, 0.717) is 13.0 Å². The minimum atomic E-state index is -0.888. The maximum absolute atomic E-state index is 14.1. The highest BCUT2D eigenvalue weighted by Crippen LogP contribution is 2.30. The Morgan fingerprint density at radius 2 is 1.74 bits per heavy atom. The molecule has 4 atom stereocenters. The fourth-order valence-corrected chi connectivity index (χ4v) is 5.73. The van der Waals surface area contributed by atoms with Gasteiger partial charge in [0.15, 0.2) is 0 Å². The number of amides is 3. The Kier molecular flexibility index (Phi) is 11.1. The van der Waals surface area contributed by atoms with Crippen molar-refractivity contribution in [3.63, 3.8) is 0 Å². The van der Waals surface area contributed by atoms with Crippen molar-refractivity contribution in [3.05, 3.63) is 41.0 Å². The molecule has 0 saturated carbocycles. The predicted octanol–water partition coefficient (Wildman–Crippen LogP) is 4.12. The van der Waals surface area contributed by atoms with Crippen molar-refractivity contribution in [1.29, 1.82) is 0 Å². The highest BCUT2D eigenvalue weighted by Gasteiger charge is 2.46. The van der Waals surface area contributed by atoms with E-state index in [4.69, 9.17) is 10.5 Å². The topological polar surface area (TPSA) is 144 Å². The molecular weight excluding hydrogens is 566 g/mol. The smallest absolute Gasteiger partial charge is 0.306 e. The van der Waals surface area contributed by atoms with Gasteiger partial charge in [-0.3, -0.25) is 19.2 Å². The van der Waals surface area contributed by atoms with Gasteiger partial charge in [0.1, 0.15) is 18.2 Å².